The van der Waals surface area contributed by atoms with E-state index in [9.17, 15) is 0 Å². The normalized spacial score (nSPS) is 12.0. The van der Waals surface area contributed by atoms with Gasteiger partial charge < -0.3 is 0 Å². The first-order valence-electron chi connectivity index (χ1n) is 3.17. The summed E-state index contributed by atoms with van der Waals surface area (Å²) in [6.07, 6.45) is 0. The van der Waals surface area contributed by atoms with Gasteiger partial charge in [0.2, 0.25) is 10.4 Å². The number of aromatic nitrogens is 5. The van der Waals surface area contributed by atoms with Crippen molar-refractivity contribution in [1.82, 2.24) is 20.4 Å². The van der Waals surface area contributed by atoms with Crippen molar-refractivity contribution >= 4 is 0 Å². The van der Waals surface area contributed by atoms with Crippen LogP contribution < -0.4 is 4.80 Å². The molecule has 0 unspecified atom stereocenters. The van der Waals surface area contributed by atoms with Crippen LogP contribution >= 0.6 is 0 Å². The first-order valence-corrected chi connectivity index (χ1v) is 3.17. The molecule has 0 fully saturated rings. The summed E-state index contributed by atoms with van der Waals surface area (Å²) >= 11 is 0. The Bertz CT molecular complexity index is 220. The molecule has 0 N–H and O–H groups in total. The minimum Gasteiger partial charge on any atom is -0.0685 e. The van der Waals surface area contributed by atoms with Crippen molar-refractivity contribution in [1.29, 1.82) is 0 Å². The second kappa shape index (κ2) is 2.00. The first kappa shape index (κ1) is 7.11. The molecule has 0 aliphatic carbocycles. The van der Waals surface area contributed by atoms with Gasteiger partial charge >= 0.3 is 0 Å². The molecule has 5 nitrogen and oxygen atoms in total. The largest absolute Gasteiger partial charge is 0.231 e. The minimum atomic E-state index is -0.0434. The van der Waals surface area contributed by atoms with Crippen molar-refractivity contribution in [3.63, 3.8) is 0 Å². The molecule has 1 rings (SSSR count). The van der Waals surface area contributed by atoms with Gasteiger partial charge in [-0.1, -0.05) is 4.80 Å². The van der Waals surface area contributed by atoms with Crippen LogP contribution in [0.3, 0.4) is 0 Å². The van der Waals surface area contributed by atoms with E-state index in [2.05, 4.69) is 15.6 Å². The molecule has 0 amide bonds. The highest BCUT2D eigenvalue weighted by Gasteiger charge is 2.22. The number of rotatable bonds is 0. The molecule has 0 bridgehead atoms. The number of hydrogen-bond acceptors (Lipinski definition) is 3. The molecular weight excluding hydrogens is 130 g/mol. The van der Waals surface area contributed by atoms with Gasteiger partial charge in [-0.25, -0.2) is 0 Å². The molecule has 10 heavy (non-hydrogen) atoms. The van der Waals surface area contributed by atoms with Crippen LogP contribution in [0, 0.1) is 0 Å². The SMILES string of the molecule is C[n+]1nnnn1C(C)(C)C. The zero-order chi connectivity index (χ0) is 7.78. The summed E-state index contributed by atoms with van der Waals surface area (Å²) in [5.74, 6) is 0. The number of hydrogen-bond donors (Lipinski definition) is 0. The van der Waals surface area contributed by atoms with Crippen LogP contribution in [-0.4, -0.2) is 20.4 Å². The summed E-state index contributed by atoms with van der Waals surface area (Å²) in [7, 11) is 1.81. The van der Waals surface area contributed by atoms with Crippen molar-refractivity contribution in [2.24, 2.45) is 7.05 Å². The maximum Gasteiger partial charge on any atom is 0.231 e. The number of nitrogens with zero attached hydrogens (tertiary/aromatic N) is 5. The monoisotopic (exact) mass is 142 g/mol. The second-order valence-electron chi connectivity index (χ2n) is 3.22. The minimum absolute atomic E-state index is 0.0434. The van der Waals surface area contributed by atoms with Gasteiger partial charge in [0, 0.05) is 0 Å². The van der Waals surface area contributed by atoms with Crippen molar-refractivity contribution in [3.8, 4) is 0 Å². The standard InChI is InChI=1S/C5H12N5/c1-5(2,3)10-8-6-7-9(10)4/h1-4H3/q+1. The zero-order valence-corrected chi connectivity index (χ0v) is 6.74. The molecule has 0 saturated heterocycles. The zero-order valence-electron chi connectivity index (χ0n) is 6.74. The van der Waals surface area contributed by atoms with Crippen LogP contribution in [-0.2, 0) is 12.6 Å². The van der Waals surface area contributed by atoms with E-state index in [1.165, 1.54) is 0 Å². The van der Waals surface area contributed by atoms with Gasteiger partial charge in [0.25, 0.3) is 0 Å². The summed E-state index contributed by atoms with van der Waals surface area (Å²) < 4.78 is 0. The molecule has 0 spiro atoms. The van der Waals surface area contributed by atoms with E-state index in [1.54, 1.807) is 9.59 Å². The van der Waals surface area contributed by atoms with E-state index in [1.807, 2.05) is 27.8 Å². The Labute approximate surface area is 59.6 Å². The lowest BCUT2D eigenvalue weighted by Gasteiger charge is -2.12. The summed E-state index contributed by atoms with van der Waals surface area (Å²) in [4.78, 5) is 3.33. The highest BCUT2D eigenvalue weighted by molar-refractivity contribution is 4.57. The molecule has 1 aromatic heterocycles. The highest BCUT2D eigenvalue weighted by Crippen LogP contribution is 2.05. The van der Waals surface area contributed by atoms with Crippen molar-refractivity contribution in [3.05, 3.63) is 0 Å². The molecule has 0 saturated carbocycles. The molecule has 56 valence electrons. The maximum atomic E-state index is 3.81. The third-order valence-corrected chi connectivity index (χ3v) is 1.17. The lowest BCUT2D eigenvalue weighted by Crippen LogP contribution is -2.49. The summed E-state index contributed by atoms with van der Waals surface area (Å²) in [5.41, 5.74) is -0.0434. The lowest BCUT2D eigenvalue weighted by molar-refractivity contribution is -0.816. The van der Waals surface area contributed by atoms with E-state index in [-0.39, 0.29) is 5.54 Å². The van der Waals surface area contributed by atoms with Crippen LogP contribution in [0.25, 0.3) is 0 Å². The Hall–Kier alpha value is -1.00. The Morgan fingerprint density at radius 3 is 2.10 bits per heavy atom. The Morgan fingerprint density at radius 2 is 1.90 bits per heavy atom. The highest BCUT2D eigenvalue weighted by atomic mass is 15.8. The third kappa shape index (κ3) is 1.12. The van der Waals surface area contributed by atoms with Crippen LogP contribution in [0.1, 0.15) is 20.8 Å². The van der Waals surface area contributed by atoms with Crippen LogP contribution in [0.2, 0.25) is 0 Å². The average molecular weight is 142 g/mol. The van der Waals surface area contributed by atoms with Crippen molar-refractivity contribution in [2.45, 2.75) is 26.3 Å². The number of aryl methyl sites for hydroxylation is 1. The quantitative estimate of drug-likeness (QED) is 0.448. The molecule has 0 radical (unpaired) electrons. The van der Waals surface area contributed by atoms with E-state index >= 15 is 0 Å². The van der Waals surface area contributed by atoms with Crippen molar-refractivity contribution < 1.29 is 4.80 Å². The van der Waals surface area contributed by atoms with E-state index in [0.29, 0.717) is 0 Å². The summed E-state index contributed by atoms with van der Waals surface area (Å²) in [6, 6.07) is 0. The fourth-order valence-electron chi connectivity index (χ4n) is 0.778. The lowest BCUT2D eigenvalue weighted by atomic mass is 10.1. The smallest absolute Gasteiger partial charge is 0.0685 e. The predicted octanol–water partition coefficient (Wildman–Crippen LogP) is -0.747. The van der Waals surface area contributed by atoms with Gasteiger partial charge in [0.15, 0.2) is 0 Å². The molecule has 0 aromatic carbocycles. The third-order valence-electron chi connectivity index (χ3n) is 1.17. The molecule has 1 aromatic rings. The van der Waals surface area contributed by atoms with Gasteiger partial charge in [-0.15, -0.1) is 0 Å². The van der Waals surface area contributed by atoms with Gasteiger partial charge in [-0.2, -0.15) is 0 Å². The first-order chi connectivity index (χ1) is 4.52. The molecule has 0 aliphatic rings. The van der Waals surface area contributed by atoms with Crippen molar-refractivity contribution in [2.75, 3.05) is 0 Å². The molecule has 0 aliphatic heterocycles. The Morgan fingerprint density at radius 1 is 1.30 bits per heavy atom. The fraction of sp³-hybridized carbons (Fsp3) is 1.00. The predicted molar refractivity (Wildman–Crippen MR) is 34.0 cm³/mol. The van der Waals surface area contributed by atoms with E-state index < -0.39 is 0 Å². The van der Waals surface area contributed by atoms with Crippen LogP contribution in [0.5, 0.6) is 0 Å². The summed E-state index contributed by atoms with van der Waals surface area (Å²) in [6.45, 7) is 6.14. The van der Waals surface area contributed by atoms with Crippen LogP contribution in [0.15, 0.2) is 0 Å². The topological polar surface area (TPSA) is 47.5 Å². The average Bonchev–Trinajstić information content (AvgIpc) is 2.11. The maximum absolute atomic E-state index is 3.81. The molecule has 0 atom stereocenters. The fourth-order valence-corrected chi connectivity index (χ4v) is 0.778. The second-order valence-corrected chi connectivity index (χ2v) is 3.22. The molecule has 5 heteroatoms. The van der Waals surface area contributed by atoms with Gasteiger partial charge in [-0.3, -0.25) is 0 Å². The van der Waals surface area contributed by atoms with E-state index in [0.717, 1.165) is 0 Å². The van der Waals surface area contributed by atoms with Gasteiger partial charge in [0.05, 0.1) is 0 Å². The Balaban J connectivity index is 3.05. The van der Waals surface area contributed by atoms with Gasteiger partial charge in [0.1, 0.15) is 17.8 Å². The van der Waals surface area contributed by atoms with Crippen LogP contribution in [0.4, 0.5) is 0 Å². The summed E-state index contributed by atoms with van der Waals surface area (Å²) in [5, 5.41) is 11.0. The van der Waals surface area contributed by atoms with Gasteiger partial charge in [-0.05, 0) is 25.6 Å². The van der Waals surface area contributed by atoms with E-state index in [4.69, 9.17) is 0 Å². The Kier molecular flexibility index (Phi) is 1.42. The molecular formula is C5H12N5+. The molecule has 1 heterocycles.